The number of rotatable bonds is 6. The summed E-state index contributed by atoms with van der Waals surface area (Å²) in [6, 6.07) is 2.44. The molecule has 0 aromatic heterocycles. The Hall–Kier alpha value is -1.02. The maximum Gasteiger partial charge on any atom is 0.240 e. The van der Waals surface area contributed by atoms with E-state index in [1.54, 1.807) is 0 Å². The van der Waals surface area contributed by atoms with Crippen LogP contribution in [0.3, 0.4) is 0 Å². The number of benzene rings is 1. The zero-order valence-electron chi connectivity index (χ0n) is 12.1. The van der Waals surface area contributed by atoms with Crippen LogP contribution in [0.5, 0.6) is 0 Å². The molecule has 1 rings (SSSR count). The van der Waals surface area contributed by atoms with E-state index in [1.807, 2.05) is 25.9 Å². The normalized spacial score (nSPS) is 13.8. The highest BCUT2D eigenvalue weighted by atomic mass is 32.2. The molecule has 0 fully saturated rings. The fourth-order valence-electron chi connectivity index (χ4n) is 1.57. The molecule has 0 aliphatic rings. The number of likely N-dealkylation sites (N-methyl/N-ethyl adjacent to an activating group) is 1. The molecule has 114 valence electrons. The second kappa shape index (κ2) is 6.62. The van der Waals surface area contributed by atoms with Gasteiger partial charge in [0.05, 0.1) is 11.5 Å². The van der Waals surface area contributed by atoms with Crippen LogP contribution >= 0.6 is 0 Å². The lowest BCUT2D eigenvalue weighted by atomic mass is 10.1. The molecular weight excluding hydrogens is 283 g/mol. The summed E-state index contributed by atoms with van der Waals surface area (Å²) in [7, 11) is -0.115. The third-order valence-electron chi connectivity index (χ3n) is 3.28. The molecule has 0 heterocycles. The summed E-state index contributed by atoms with van der Waals surface area (Å²) < 4.78 is 40.6. The molecule has 1 aromatic rings. The van der Waals surface area contributed by atoms with Gasteiger partial charge in [-0.25, -0.2) is 17.5 Å². The topological polar surface area (TPSA) is 69.6 Å². The fraction of sp³-hybridized carbons (Fsp3) is 0.538. The van der Waals surface area contributed by atoms with Gasteiger partial charge in [-0.05, 0) is 45.6 Å². The van der Waals surface area contributed by atoms with Crippen LogP contribution in [0.25, 0.3) is 0 Å². The Morgan fingerprint density at radius 1 is 1.40 bits per heavy atom. The Bertz CT molecular complexity index is 573. The largest absolute Gasteiger partial charge is 0.392 e. The predicted octanol–water partition coefficient (Wildman–Crippen LogP) is 0.855. The molecule has 0 aliphatic carbocycles. The lowest BCUT2D eigenvalue weighted by Crippen LogP contribution is -2.38. The molecule has 0 aliphatic heterocycles. The van der Waals surface area contributed by atoms with Gasteiger partial charge in [-0.1, -0.05) is 0 Å². The summed E-state index contributed by atoms with van der Waals surface area (Å²) in [4.78, 5) is 1.74. The highest BCUT2D eigenvalue weighted by Gasteiger charge is 2.21. The third-order valence-corrected chi connectivity index (χ3v) is 4.83. The average molecular weight is 304 g/mol. The lowest BCUT2D eigenvalue weighted by Gasteiger charge is -2.20. The molecule has 0 saturated carbocycles. The number of aliphatic hydroxyl groups is 1. The van der Waals surface area contributed by atoms with Gasteiger partial charge in [0, 0.05) is 18.2 Å². The summed E-state index contributed by atoms with van der Waals surface area (Å²) in [6.07, 6.45) is 0. The molecule has 7 heteroatoms. The van der Waals surface area contributed by atoms with Gasteiger partial charge in [0.15, 0.2) is 0 Å². The Kier molecular flexibility index (Phi) is 5.64. The first-order valence-electron chi connectivity index (χ1n) is 6.25. The maximum absolute atomic E-state index is 13.7. The van der Waals surface area contributed by atoms with Gasteiger partial charge < -0.3 is 10.0 Å². The Labute approximate surface area is 119 Å². The van der Waals surface area contributed by atoms with E-state index in [0.29, 0.717) is 0 Å². The van der Waals surface area contributed by atoms with Crippen LogP contribution in [-0.4, -0.2) is 45.1 Å². The van der Waals surface area contributed by atoms with Crippen LogP contribution in [0.15, 0.2) is 17.0 Å². The number of aliphatic hydroxyl groups excluding tert-OH is 1. The number of nitrogens with zero attached hydrogens (tertiary/aromatic N) is 1. The Morgan fingerprint density at radius 3 is 2.50 bits per heavy atom. The molecule has 1 unspecified atom stereocenters. The minimum atomic E-state index is -3.80. The van der Waals surface area contributed by atoms with Crippen molar-refractivity contribution in [3.63, 3.8) is 0 Å². The molecule has 20 heavy (non-hydrogen) atoms. The first-order valence-corrected chi connectivity index (χ1v) is 7.73. The number of nitrogens with one attached hydrogen (secondary N) is 1. The summed E-state index contributed by atoms with van der Waals surface area (Å²) >= 11 is 0. The van der Waals surface area contributed by atoms with Crippen LogP contribution in [-0.2, 0) is 16.6 Å². The quantitative estimate of drug-likeness (QED) is 0.818. The van der Waals surface area contributed by atoms with Crippen molar-refractivity contribution in [1.82, 2.24) is 9.62 Å². The average Bonchev–Trinajstić information content (AvgIpc) is 2.38. The fourth-order valence-corrected chi connectivity index (χ4v) is 2.99. The van der Waals surface area contributed by atoms with E-state index in [1.165, 1.54) is 13.0 Å². The zero-order chi connectivity index (χ0) is 15.5. The maximum atomic E-state index is 13.7. The monoisotopic (exact) mass is 304 g/mol. The van der Waals surface area contributed by atoms with Crippen molar-refractivity contribution in [3.8, 4) is 0 Å². The minimum absolute atomic E-state index is 0.0101. The van der Waals surface area contributed by atoms with Gasteiger partial charge in [0.25, 0.3) is 0 Å². The Morgan fingerprint density at radius 2 is 2.00 bits per heavy atom. The van der Waals surface area contributed by atoms with E-state index in [9.17, 15) is 12.8 Å². The van der Waals surface area contributed by atoms with Crippen molar-refractivity contribution >= 4 is 10.0 Å². The number of hydrogen-bond donors (Lipinski definition) is 2. The van der Waals surface area contributed by atoms with Gasteiger partial charge in [-0.3, -0.25) is 0 Å². The van der Waals surface area contributed by atoms with Gasteiger partial charge in [-0.2, -0.15) is 0 Å². The minimum Gasteiger partial charge on any atom is -0.392 e. The van der Waals surface area contributed by atoms with Gasteiger partial charge in [0.1, 0.15) is 5.82 Å². The SMILES string of the molecule is Cc1c(F)cc(CO)cc1S(=O)(=O)NCC(C)N(C)C. The van der Waals surface area contributed by atoms with Crippen LogP contribution in [0.1, 0.15) is 18.1 Å². The van der Waals surface area contributed by atoms with Crippen molar-refractivity contribution in [1.29, 1.82) is 0 Å². The van der Waals surface area contributed by atoms with E-state index < -0.39 is 22.4 Å². The van der Waals surface area contributed by atoms with E-state index in [4.69, 9.17) is 5.11 Å². The number of sulfonamides is 1. The highest BCUT2D eigenvalue weighted by molar-refractivity contribution is 7.89. The van der Waals surface area contributed by atoms with Crippen molar-refractivity contribution in [3.05, 3.63) is 29.1 Å². The lowest BCUT2D eigenvalue weighted by molar-refractivity contribution is 0.281. The summed E-state index contributed by atoms with van der Waals surface area (Å²) in [5, 5.41) is 9.05. The first-order chi connectivity index (χ1) is 9.19. The predicted molar refractivity (Wildman–Crippen MR) is 75.4 cm³/mol. The molecule has 2 N–H and O–H groups in total. The molecule has 0 spiro atoms. The summed E-state index contributed by atoms with van der Waals surface area (Å²) in [6.45, 7) is 3.09. The molecule has 0 amide bonds. The van der Waals surface area contributed by atoms with Gasteiger partial charge >= 0.3 is 0 Å². The number of hydrogen-bond acceptors (Lipinski definition) is 4. The first kappa shape index (κ1) is 17.0. The molecule has 0 saturated heterocycles. The molecule has 1 atom stereocenters. The third kappa shape index (κ3) is 3.99. The van der Waals surface area contributed by atoms with Crippen molar-refractivity contribution in [2.75, 3.05) is 20.6 Å². The van der Waals surface area contributed by atoms with Crippen molar-refractivity contribution < 1.29 is 17.9 Å². The molecule has 0 bridgehead atoms. The van der Waals surface area contributed by atoms with Crippen LogP contribution in [0.2, 0.25) is 0 Å². The van der Waals surface area contributed by atoms with E-state index >= 15 is 0 Å². The second-order valence-electron chi connectivity index (χ2n) is 5.02. The van der Waals surface area contributed by atoms with Crippen LogP contribution in [0.4, 0.5) is 4.39 Å². The highest BCUT2D eigenvalue weighted by Crippen LogP contribution is 2.20. The summed E-state index contributed by atoms with van der Waals surface area (Å²) in [5.74, 6) is -0.641. The van der Waals surface area contributed by atoms with E-state index in [0.717, 1.165) is 6.07 Å². The van der Waals surface area contributed by atoms with Gasteiger partial charge in [-0.15, -0.1) is 0 Å². The van der Waals surface area contributed by atoms with E-state index in [2.05, 4.69) is 4.72 Å². The molecule has 1 aromatic carbocycles. The standard InChI is InChI=1S/C13H21FN2O3S/c1-9(16(3)4)7-15-20(18,19)13-6-11(8-17)5-12(14)10(13)2/h5-6,9,15,17H,7-8H2,1-4H3. The van der Waals surface area contributed by atoms with Crippen molar-refractivity contribution in [2.24, 2.45) is 0 Å². The van der Waals surface area contributed by atoms with Crippen molar-refractivity contribution in [2.45, 2.75) is 31.4 Å². The van der Waals surface area contributed by atoms with Gasteiger partial charge in [0.2, 0.25) is 10.0 Å². The van der Waals surface area contributed by atoms with E-state index in [-0.39, 0.29) is 28.6 Å². The molecule has 0 radical (unpaired) electrons. The second-order valence-corrected chi connectivity index (χ2v) is 6.76. The van der Waals surface area contributed by atoms with Crippen LogP contribution < -0.4 is 4.72 Å². The molecular formula is C13H21FN2O3S. The smallest absolute Gasteiger partial charge is 0.240 e. The summed E-state index contributed by atoms with van der Waals surface area (Å²) in [5.41, 5.74) is 0.279. The zero-order valence-corrected chi connectivity index (χ0v) is 13.0. The number of halogens is 1. The Balaban J connectivity index is 3.06. The van der Waals surface area contributed by atoms with Crippen LogP contribution in [0, 0.1) is 12.7 Å². The molecule has 5 nitrogen and oxygen atoms in total.